The van der Waals surface area contributed by atoms with Crippen LogP contribution in [0.1, 0.15) is 40.9 Å². The minimum Gasteiger partial charge on any atom is -0.497 e. The Morgan fingerprint density at radius 3 is 2.21 bits per heavy atom. The van der Waals surface area contributed by atoms with Gasteiger partial charge in [0.1, 0.15) is 17.2 Å². The normalized spacial score (nSPS) is 15.1. The van der Waals surface area contributed by atoms with E-state index in [2.05, 4.69) is 0 Å². The minimum absolute atomic E-state index is 0.214. The van der Waals surface area contributed by atoms with Crippen molar-refractivity contribution >= 4 is 17.6 Å². The highest BCUT2D eigenvalue weighted by atomic mass is 16.5. The molecule has 0 saturated carbocycles. The smallest absolute Gasteiger partial charge is 0.308 e. The first-order valence-electron chi connectivity index (χ1n) is 10.5. The molecule has 4 rings (SSSR count). The van der Waals surface area contributed by atoms with Crippen LogP contribution in [-0.2, 0) is 4.79 Å². The van der Waals surface area contributed by atoms with Crippen molar-refractivity contribution in [2.45, 2.75) is 19.4 Å². The Hall–Kier alpha value is -4.13. The molecule has 3 aromatic carbocycles. The molecule has 0 aromatic heterocycles. The second-order valence-corrected chi connectivity index (χ2v) is 7.51. The van der Waals surface area contributed by atoms with E-state index in [0.717, 1.165) is 11.3 Å². The second kappa shape index (κ2) is 9.56. The number of nitrogens with zero attached hydrogens (tertiary/aromatic N) is 2. The number of hydrogen-bond donors (Lipinski definition) is 0. The average Bonchev–Trinajstić information content (AvgIpc) is 3.29. The summed E-state index contributed by atoms with van der Waals surface area (Å²) in [5, 5.41) is 6.19. The Balaban J connectivity index is 1.76. The highest BCUT2D eigenvalue weighted by Gasteiger charge is 2.34. The van der Waals surface area contributed by atoms with E-state index >= 15 is 0 Å². The Labute approximate surface area is 192 Å². The van der Waals surface area contributed by atoms with Crippen LogP contribution in [-0.4, -0.2) is 36.8 Å². The van der Waals surface area contributed by atoms with Gasteiger partial charge < -0.3 is 14.2 Å². The fraction of sp³-hybridized carbons (Fsp3) is 0.192. The van der Waals surface area contributed by atoms with Crippen LogP contribution in [0.5, 0.6) is 17.2 Å². The van der Waals surface area contributed by atoms with Gasteiger partial charge in [0.05, 0.1) is 26.0 Å². The number of rotatable bonds is 6. The van der Waals surface area contributed by atoms with E-state index in [4.69, 9.17) is 19.3 Å². The second-order valence-electron chi connectivity index (χ2n) is 7.51. The number of amides is 1. The first-order chi connectivity index (χ1) is 16.0. The van der Waals surface area contributed by atoms with E-state index in [0.29, 0.717) is 34.8 Å². The number of methoxy groups -OCH3 is 2. The number of carbonyl (C=O) groups excluding carboxylic acids is 2. The van der Waals surface area contributed by atoms with E-state index in [1.165, 1.54) is 11.9 Å². The molecule has 0 unspecified atom stereocenters. The molecule has 0 radical (unpaired) electrons. The summed E-state index contributed by atoms with van der Waals surface area (Å²) >= 11 is 0. The molecule has 33 heavy (non-hydrogen) atoms. The van der Waals surface area contributed by atoms with Crippen LogP contribution in [0.4, 0.5) is 0 Å². The highest BCUT2D eigenvalue weighted by Crippen LogP contribution is 2.37. The van der Waals surface area contributed by atoms with Crippen molar-refractivity contribution in [1.82, 2.24) is 5.01 Å². The molecule has 1 aliphatic rings. The van der Waals surface area contributed by atoms with E-state index in [1.807, 2.05) is 42.5 Å². The average molecular weight is 444 g/mol. The molecule has 1 aliphatic heterocycles. The maximum absolute atomic E-state index is 13.4. The van der Waals surface area contributed by atoms with Gasteiger partial charge in [0.25, 0.3) is 5.91 Å². The van der Waals surface area contributed by atoms with Crippen LogP contribution in [0.25, 0.3) is 0 Å². The molecule has 0 N–H and O–H groups in total. The number of hydrogen-bond acceptors (Lipinski definition) is 6. The standard InChI is InChI=1S/C26H24N2O5/c1-17(29)33-25-15-21(32-3)13-14-22(25)23-16-24(18-9-11-20(31-2)12-10-18)28(27-23)26(30)19-7-5-4-6-8-19/h4-15,24H,16H2,1-3H3/t24-/m1/s1. The zero-order valence-corrected chi connectivity index (χ0v) is 18.6. The van der Waals surface area contributed by atoms with Gasteiger partial charge in [0, 0.05) is 30.5 Å². The molecule has 7 nitrogen and oxygen atoms in total. The highest BCUT2D eigenvalue weighted by molar-refractivity contribution is 6.07. The van der Waals surface area contributed by atoms with E-state index in [1.54, 1.807) is 44.6 Å². The molecule has 3 aromatic rings. The van der Waals surface area contributed by atoms with Crippen molar-refractivity contribution in [3.05, 3.63) is 89.5 Å². The van der Waals surface area contributed by atoms with Crippen LogP contribution in [0.15, 0.2) is 77.9 Å². The lowest BCUT2D eigenvalue weighted by atomic mass is 9.97. The van der Waals surface area contributed by atoms with Crippen LogP contribution in [0, 0.1) is 0 Å². The lowest BCUT2D eigenvalue weighted by molar-refractivity contribution is -0.131. The van der Waals surface area contributed by atoms with Crippen molar-refractivity contribution in [1.29, 1.82) is 0 Å². The first kappa shape index (κ1) is 22.1. The zero-order chi connectivity index (χ0) is 23.4. The molecular weight excluding hydrogens is 420 g/mol. The van der Waals surface area contributed by atoms with Crippen molar-refractivity contribution < 1.29 is 23.8 Å². The lowest BCUT2D eigenvalue weighted by Crippen LogP contribution is -2.27. The summed E-state index contributed by atoms with van der Waals surface area (Å²) in [6.45, 7) is 1.34. The summed E-state index contributed by atoms with van der Waals surface area (Å²) in [6, 6.07) is 21.5. The Morgan fingerprint density at radius 1 is 0.909 bits per heavy atom. The number of hydrazone groups is 1. The van der Waals surface area contributed by atoms with Crippen molar-refractivity contribution in [3.8, 4) is 17.2 Å². The quantitative estimate of drug-likeness (QED) is 0.410. The van der Waals surface area contributed by atoms with E-state index < -0.39 is 5.97 Å². The number of benzene rings is 3. The fourth-order valence-corrected chi connectivity index (χ4v) is 3.77. The number of ether oxygens (including phenoxy) is 3. The van der Waals surface area contributed by atoms with Gasteiger partial charge >= 0.3 is 5.97 Å². The van der Waals surface area contributed by atoms with Crippen molar-refractivity contribution in [2.24, 2.45) is 5.10 Å². The van der Waals surface area contributed by atoms with Gasteiger partial charge in [-0.15, -0.1) is 0 Å². The molecule has 0 bridgehead atoms. The molecule has 0 fully saturated rings. The molecule has 0 saturated heterocycles. The maximum Gasteiger partial charge on any atom is 0.308 e. The van der Waals surface area contributed by atoms with Gasteiger partial charge in [-0.05, 0) is 42.0 Å². The number of esters is 1. The van der Waals surface area contributed by atoms with Gasteiger partial charge in [-0.1, -0.05) is 30.3 Å². The van der Waals surface area contributed by atoms with E-state index in [9.17, 15) is 9.59 Å². The summed E-state index contributed by atoms with van der Waals surface area (Å²) in [7, 11) is 3.15. The molecule has 0 aliphatic carbocycles. The third-order valence-corrected chi connectivity index (χ3v) is 5.39. The molecule has 168 valence electrons. The van der Waals surface area contributed by atoms with Crippen molar-refractivity contribution in [2.75, 3.05) is 14.2 Å². The van der Waals surface area contributed by atoms with Crippen LogP contribution in [0.3, 0.4) is 0 Å². The molecule has 7 heteroatoms. The minimum atomic E-state index is -0.452. The Morgan fingerprint density at radius 2 is 1.58 bits per heavy atom. The van der Waals surface area contributed by atoms with Crippen LogP contribution >= 0.6 is 0 Å². The summed E-state index contributed by atoms with van der Waals surface area (Å²) in [5.41, 5.74) is 2.73. The van der Waals surface area contributed by atoms with Crippen LogP contribution < -0.4 is 14.2 Å². The molecule has 0 spiro atoms. The summed E-state index contributed by atoms with van der Waals surface area (Å²) in [4.78, 5) is 25.1. The molecule has 1 heterocycles. The van der Waals surface area contributed by atoms with Gasteiger partial charge in [-0.3, -0.25) is 9.59 Å². The summed E-state index contributed by atoms with van der Waals surface area (Å²) in [5.74, 6) is 0.952. The van der Waals surface area contributed by atoms with Crippen molar-refractivity contribution in [3.63, 3.8) is 0 Å². The van der Waals surface area contributed by atoms with Crippen LogP contribution in [0.2, 0.25) is 0 Å². The van der Waals surface area contributed by atoms with Gasteiger partial charge in [0.15, 0.2) is 0 Å². The van der Waals surface area contributed by atoms with Gasteiger partial charge in [-0.25, -0.2) is 5.01 Å². The molecule has 1 atom stereocenters. The predicted octanol–water partition coefficient (Wildman–Crippen LogP) is 4.62. The largest absolute Gasteiger partial charge is 0.497 e. The van der Waals surface area contributed by atoms with Gasteiger partial charge in [-0.2, -0.15) is 5.10 Å². The molecular formula is C26H24N2O5. The Kier molecular flexibility index (Phi) is 6.40. The summed E-state index contributed by atoms with van der Waals surface area (Å²) in [6.07, 6.45) is 0.450. The maximum atomic E-state index is 13.4. The SMILES string of the molecule is COc1ccc([C@H]2CC(c3ccc(OC)cc3OC(C)=O)=NN2C(=O)c2ccccc2)cc1. The monoisotopic (exact) mass is 444 g/mol. The molecule has 1 amide bonds. The predicted molar refractivity (Wildman–Crippen MR) is 124 cm³/mol. The third kappa shape index (κ3) is 4.72. The first-order valence-corrected chi connectivity index (χ1v) is 10.5. The Bertz CT molecular complexity index is 1190. The third-order valence-electron chi connectivity index (χ3n) is 5.39. The lowest BCUT2D eigenvalue weighted by Gasteiger charge is -2.22. The van der Waals surface area contributed by atoms with Gasteiger partial charge in [0.2, 0.25) is 0 Å². The fourth-order valence-electron chi connectivity index (χ4n) is 3.77. The zero-order valence-electron chi connectivity index (χ0n) is 18.6. The number of carbonyl (C=O) groups is 2. The van der Waals surface area contributed by atoms with E-state index in [-0.39, 0.29) is 11.9 Å². The topological polar surface area (TPSA) is 77.4 Å². The summed E-state index contributed by atoms with van der Waals surface area (Å²) < 4.78 is 16.0.